The standard InChI is InChI=1S/C27H44N2O4/c1-16(2)22(13-24(28)26(30)14-23(17(3)4)27(31)32)21(8-7-11-33-6)19-9-10-20-18(5)15-29-25(20)12-19/h9-10,12,15-17,21-24,26,29-30H,7-8,11,13-14,28H2,1-6H3,(H,31,32)/t21?,22-,23-,24-,26-/m0/s1. The molecular formula is C27H44N2O4. The van der Waals surface area contributed by atoms with Gasteiger partial charge in [-0.3, -0.25) is 4.79 Å². The highest BCUT2D eigenvalue weighted by atomic mass is 16.5. The van der Waals surface area contributed by atoms with E-state index in [9.17, 15) is 15.0 Å². The van der Waals surface area contributed by atoms with Crippen LogP contribution in [0.5, 0.6) is 0 Å². The Morgan fingerprint density at radius 2 is 1.85 bits per heavy atom. The number of hydrogen-bond donors (Lipinski definition) is 4. The summed E-state index contributed by atoms with van der Waals surface area (Å²) < 4.78 is 5.32. The average molecular weight is 461 g/mol. The molecule has 5 atom stereocenters. The summed E-state index contributed by atoms with van der Waals surface area (Å²) in [5.74, 6) is -0.641. The van der Waals surface area contributed by atoms with Crippen LogP contribution >= 0.6 is 0 Å². The summed E-state index contributed by atoms with van der Waals surface area (Å²) in [7, 11) is 1.72. The molecule has 1 heterocycles. The number of carboxylic acids is 1. The van der Waals surface area contributed by atoms with E-state index in [2.05, 4.69) is 44.0 Å². The van der Waals surface area contributed by atoms with Gasteiger partial charge in [-0.2, -0.15) is 0 Å². The third kappa shape index (κ3) is 7.29. The number of rotatable bonds is 14. The normalized spacial score (nSPS) is 16.8. The third-order valence-corrected chi connectivity index (χ3v) is 7.23. The molecule has 0 aliphatic carbocycles. The number of aliphatic hydroxyl groups is 1. The van der Waals surface area contributed by atoms with Crippen LogP contribution in [0.15, 0.2) is 24.4 Å². The Hall–Kier alpha value is -1.89. The smallest absolute Gasteiger partial charge is 0.306 e. The van der Waals surface area contributed by atoms with E-state index < -0.39 is 24.0 Å². The Kier molecular flexibility index (Phi) is 10.4. The minimum atomic E-state index is -0.872. The van der Waals surface area contributed by atoms with Crippen molar-refractivity contribution in [2.45, 2.75) is 78.4 Å². The van der Waals surface area contributed by atoms with E-state index in [1.807, 2.05) is 20.0 Å². The molecule has 2 rings (SSSR count). The predicted molar refractivity (Wildman–Crippen MR) is 134 cm³/mol. The second-order valence-corrected chi connectivity index (χ2v) is 10.3. The molecule has 6 nitrogen and oxygen atoms in total. The lowest BCUT2D eigenvalue weighted by atomic mass is 9.72. The van der Waals surface area contributed by atoms with E-state index in [-0.39, 0.29) is 24.2 Å². The number of H-pyrrole nitrogens is 1. The predicted octanol–water partition coefficient (Wildman–Crippen LogP) is 5.08. The van der Waals surface area contributed by atoms with Crippen molar-refractivity contribution in [3.8, 4) is 0 Å². The molecule has 0 fully saturated rings. The third-order valence-electron chi connectivity index (χ3n) is 7.23. The number of carbonyl (C=O) groups is 1. The Labute approximate surface area is 198 Å². The van der Waals surface area contributed by atoms with Gasteiger partial charge in [-0.1, -0.05) is 39.8 Å². The molecule has 0 spiro atoms. The zero-order chi connectivity index (χ0) is 24.7. The highest BCUT2D eigenvalue weighted by Gasteiger charge is 2.32. The maximum absolute atomic E-state index is 11.6. The van der Waals surface area contributed by atoms with E-state index >= 15 is 0 Å². The van der Waals surface area contributed by atoms with Crippen LogP contribution < -0.4 is 5.73 Å². The summed E-state index contributed by atoms with van der Waals surface area (Å²) in [4.78, 5) is 15.0. The lowest BCUT2D eigenvalue weighted by Gasteiger charge is -2.34. The fourth-order valence-electron chi connectivity index (χ4n) is 5.06. The monoisotopic (exact) mass is 460 g/mol. The van der Waals surface area contributed by atoms with Gasteiger partial charge >= 0.3 is 5.97 Å². The van der Waals surface area contributed by atoms with Gasteiger partial charge in [-0.25, -0.2) is 0 Å². The highest BCUT2D eigenvalue weighted by Crippen LogP contribution is 2.39. The number of aromatic nitrogens is 1. The van der Waals surface area contributed by atoms with Crippen LogP contribution in [-0.2, 0) is 9.53 Å². The SMILES string of the molecule is COCCCC(c1ccc2c(C)c[nH]c2c1)[C@@H](C[C@H](N)[C@@H](O)C[C@H](C(=O)O)C(C)C)C(C)C. The fourth-order valence-corrected chi connectivity index (χ4v) is 5.06. The van der Waals surface area contributed by atoms with Crippen LogP contribution in [0.1, 0.15) is 70.4 Å². The molecule has 1 aromatic heterocycles. The minimum absolute atomic E-state index is 0.0528. The first-order chi connectivity index (χ1) is 15.6. The Balaban J connectivity index is 2.27. The molecule has 33 heavy (non-hydrogen) atoms. The number of methoxy groups -OCH3 is 1. The van der Waals surface area contributed by atoms with Gasteiger partial charge in [0.05, 0.1) is 12.0 Å². The topological polar surface area (TPSA) is 109 Å². The van der Waals surface area contributed by atoms with Crippen molar-refractivity contribution in [1.82, 2.24) is 4.98 Å². The molecule has 1 unspecified atom stereocenters. The number of benzene rings is 1. The Bertz CT molecular complexity index is 876. The zero-order valence-corrected chi connectivity index (χ0v) is 21.2. The molecule has 0 aliphatic rings. The van der Waals surface area contributed by atoms with Crippen molar-refractivity contribution in [3.63, 3.8) is 0 Å². The van der Waals surface area contributed by atoms with Crippen molar-refractivity contribution >= 4 is 16.9 Å². The molecule has 0 amide bonds. The first-order valence-electron chi connectivity index (χ1n) is 12.3. The fraction of sp³-hybridized carbons (Fsp3) is 0.667. The number of ether oxygens (including phenoxy) is 1. The second-order valence-electron chi connectivity index (χ2n) is 10.3. The molecule has 1 aromatic carbocycles. The number of nitrogens with one attached hydrogen (secondary N) is 1. The molecule has 0 saturated carbocycles. The van der Waals surface area contributed by atoms with Gasteiger partial charge in [0.2, 0.25) is 0 Å². The maximum atomic E-state index is 11.6. The van der Waals surface area contributed by atoms with Gasteiger partial charge < -0.3 is 25.7 Å². The van der Waals surface area contributed by atoms with Crippen LogP contribution in [-0.4, -0.2) is 47.0 Å². The summed E-state index contributed by atoms with van der Waals surface area (Å²) >= 11 is 0. The largest absolute Gasteiger partial charge is 0.481 e. The lowest BCUT2D eigenvalue weighted by molar-refractivity contribution is -0.144. The highest BCUT2D eigenvalue weighted by molar-refractivity contribution is 5.83. The number of fused-ring (bicyclic) bond motifs is 1. The van der Waals surface area contributed by atoms with Gasteiger partial charge in [0.1, 0.15) is 0 Å². The summed E-state index contributed by atoms with van der Waals surface area (Å²) in [6.45, 7) is 11.0. The van der Waals surface area contributed by atoms with Gasteiger partial charge in [-0.05, 0) is 73.5 Å². The van der Waals surface area contributed by atoms with Crippen LogP contribution in [0.3, 0.4) is 0 Å². The summed E-state index contributed by atoms with van der Waals surface area (Å²) in [5, 5.41) is 21.6. The quantitative estimate of drug-likeness (QED) is 0.294. The number of aliphatic carboxylic acids is 1. The number of hydrogen-bond acceptors (Lipinski definition) is 4. The van der Waals surface area contributed by atoms with Crippen molar-refractivity contribution in [1.29, 1.82) is 0 Å². The van der Waals surface area contributed by atoms with E-state index in [1.54, 1.807) is 7.11 Å². The van der Waals surface area contributed by atoms with E-state index in [0.717, 1.165) is 18.4 Å². The van der Waals surface area contributed by atoms with Crippen molar-refractivity contribution in [2.24, 2.45) is 29.4 Å². The van der Waals surface area contributed by atoms with Crippen molar-refractivity contribution < 1.29 is 19.7 Å². The van der Waals surface area contributed by atoms with Gasteiger partial charge in [0.15, 0.2) is 0 Å². The number of aliphatic hydroxyl groups excluding tert-OH is 1. The second kappa shape index (κ2) is 12.5. The molecule has 2 aromatic rings. The average Bonchev–Trinajstić information content (AvgIpc) is 3.12. The zero-order valence-electron chi connectivity index (χ0n) is 21.2. The molecule has 5 N–H and O–H groups in total. The lowest BCUT2D eigenvalue weighted by Crippen LogP contribution is -2.41. The van der Waals surface area contributed by atoms with Gasteiger partial charge in [-0.15, -0.1) is 0 Å². The molecular weight excluding hydrogens is 416 g/mol. The van der Waals surface area contributed by atoms with E-state index in [0.29, 0.717) is 18.9 Å². The number of carboxylic acid groups (broad SMARTS) is 1. The molecule has 186 valence electrons. The molecule has 0 bridgehead atoms. The van der Waals surface area contributed by atoms with Crippen LogP contribution in [0, 0.1) is 30.6 Å². The van der Waals surface area contributed by atoms with Crippen LogP contribution in [0.2, 0.25) is 0 Å². The molecule has 6 heteroatoms. The summed E-state index contributed by atoms with van der Waals surface area (Å²) in [6, 6.07) is 6.18. The van der Waals surface area contributed by atoms with Crippen molar-refractivity contribution in [2.75, 3.05) is 13.7 Å². The Morgan fingerprint density at radius 1 is 1.15 bits per heavy atom. The van der Waals surface area contributed by atoms with Crippen LogP contribution in [0.25, 0.3) is 10.9 Å². The van der Waals surface area contributed by atoms with Crippen molar-refractivity contribution in [3.05, 3.63) is 35.5 Å². The van der Waals surface area contributed by atoms with E-state index in [1.165, 1.54) is 16.5 Å². The molecule has 0 radical (unpaired) electrons. The number of nitrogens with two attached hydrogens (primary N) is 1. The first-order valence-corrected chi connectivity index (χ1v) is 12.3. The Morgan fingerprint density at radius 3 is 2.42 bits per heavy atom. The van der Waals surface area contributed by atoms with Crippen LogP contribution in [0.4, 0.5) is 0 Å². The minimum Gasteiger partial charge on any atom is -0.481 e. The number of aromatic amines is 1. The molecule has 0 aliphatic heterocycles. The maximum Gasteiger partial charge on any atom is 0.306 e. The van der Waals surface area contributed by atoms with Gasteiger partial charge in [0, 0.05) is 36.9 Å². The molecule has 0 saturated heterocycles. The summed E-state index contributed by atoms with van der Waals surface area (Å²) in [6.07, 6.45) is 3.92. The van der Waals surface area contributed by atoms with E-state index in [4.69, 9.17) is 10.5 Å². The first kappa shape index (κ1) is 27.4. The number of aryl methyl sites for hydroxylation is 1. The van der Waals surface area contributed by atoms with Gasteiger partial charge in [0.25, 0.3) is 0 Å². The summed E-state index contributed by atoms with van der Waals surface area (Å²) in [5.41, 5.74) is 10.1.